The highest BCUT2D eigenvalue weighted by molar-refractivity contribution is 5.83. The zero-order chi connectivity index (χ0) is 16.9. The van der Waals surface area contributed by atoms with Gasteiger partial charge in [0.05, 0.1) is 6.54 Å². The summed E-state index contributed by atoms with van der Waals surface area (Å²) in [4.78, 5) is 14.4. The maximum Gasteiger partial charge on any atom is 0.234 e. The molecule has 1 aliphatic carbocycles. The lowest BCUT2D eigenvalue weighted by Crippen LogP contribution is -2.44. The normalized spacial score (nSPS) is 21.1. The molecule has 0 bridgehead atoms. The quantitative estimate of drug-likeness (QED) is 0.902. The van der Waals surface area contributed by atoms with Crippen LogP contribution in [0.4, 0.5) is 0 Å². The number of benzene rings is 2. The lowest BCUT2D eigenvalue weighted by molar-refractivity contribution is -0.123. The van der Waals surface area contributed by atoms with Gasteiger partial charge < -0.3 is 5.32 Å². The lowest BCUT2D eigenvalue weighted by Gasteiger charge is -2.30. The minimum atomic E-state index is 0.150. The van der Waals surface area contributed by atoms with E-state index in [0.717, 1.165) is 13.0 Å². The van der Waals surface area contributed by atoms with Gasteiger partial charge in [-0.25, -0.2) is 0 Å². The second kappa shape index (κ2) is 7.80. The van der Waals surface area contributed by atoms with Crippen LogP contribution in [0, 0.1) is 5.92 Å². The number of rotatable bonds is 5. The van der Waals surface area contributed by atoms with Crippen LogP contribution in [-0.4, -0.2) is 30.4 Å². The molecule has 1 aliphatic rings. The zero-order valence-electron chi connectivity index (χ0n) is 14.8. The zero-order valence-corrected chi connectivity index (χ0v) is 14.8. The molecule has 0 aliphatic heterocycles. The third-order valence-electron chi connectivity index (χ3n) is 5.14. The highest BCUT2D eigenvalue weighted by Gasteiger charge is 2.23. The van der Waals surface area contributed by atoms with Crippen molar-refractivity contribution >= 4 is 16.7 Å². The molecule has 1 saturated carbocycles. The number of nitrogens with one attached hydrogen (secondary N) is 1. The van der Waals surface area contributed by atoms with Gasteiger partial charge in [-0.2, -0.15) is 0 Å². The van der Waals surface area contributed by atoms with E-state index in [1.165, 1.54) is 35.6 Å². The summed E-state index contributed by atoms with van der Waals surface area (Å²) < 4.78 is 0. The highest BCUT2D eigenvalue weighted by atomic mass is 16.2. The van der Waals surface area contributed by atoms with Crippen molar-refractivity contribution in [3.63, 3.8) is 0 Å². The van der Waals surface area contributed by atoms with E-state index in [9.17, 15) is 4.79 Å². The van der Waals surface area contributed by atoms with E-state index in [2.05, 4.69) is 59.6 Å². The standard InChI is InChI=1S/C21H28N2O/c1-16-7-3-6-10-20(16)22-21(24)15-23(2)14-17-11-12-18-8-4-5-9-19(18)13-17/h4-5,8-9,11-13,16,20H,3,6-7,10,14-15H2,1-2H3,(H,22,24)/t16-,20-/m0/s1. The number of likely N-dealkylation sites (N-methyl/N-ethyl adjacent to an activating group) is 1. The van der Waals surface area contributed by atoms with Gasteiger partial charge in [-0.15, -0.1) is 0 Å². The SMILES string of the molecule is C[C@H]1CCCC[C@@H]1NC(=O)CN(C)Cc1ccc2ccccc2c1. The molecule has 3 nitrogen and oxygen atoms in total. The third-order valence-corrected chi connectivity index (χ3v) is 5.14. The van der Waals surface area contributed by atoms with E-state index in [0.29, 0.717) is 18.5 Å². The number of nitrogens with zero attached hydrogens (tertiary/aromatic N) is 1. The van der Waals surface area contributed by atoms with Gasteiger partial charge in [-0.05, 0) is 48.2 Å². The molecule has 0 heterocycles. The molecule has 0 aromatic heterocycles. The maximum atomic E-state index is 12.3. The average molecular weight is 324 g/mol. The summed E-state index contributed by atoms with van der Waals surface area (Å²) in [6.45, 7) is 3.50. The summed E-state index contributed by atoms with van der Waals surface area (Å²) in [5, 5.41) is 5.75. The van der Waals surface area contributed by atoms with Crippen molar-refractivity contribution in [2.24, 2.45) is 5.92 Å². The molecular formula is C21H28N2O. The summed E-state index contributed by atoms with van der Waals surface area (Å²) >= 11 is 0. The van der Waals surface area contributed by atoms with Crippen LogP contribution in [0.25, 0.3) is 10.8 Å². The van der Waals surface area contributed by atoms with Crippen molar-refractivity contribution < 1.29 is 4.79 Å². The topological polar surface area (TPSA) is 32.3 Å². The number of fused-ring (bicyclic) bond motifs is 1. The first kappa shape index (κ1) is 17.0. The average Bonchev–Trinajstić information content (AvgIpc) is 2.56. The smallest absolute Gasteiger partial charge is 0.234 e. The first-order chi connectivity index (χ1) is 11.6. The van der Waals surface area contributed by atoms with E-state index in [1.807, 2.05) is 7.05 Å². The Morgan fingerprint density at radius 3 is 2.67 bits per heavy atom. The van der Waals surface area contributed by atoms with Crippen molar-refractivity contribution in [1.82, 2.24) is 10.2 Å². The largest absolute Gasteiger partial charge is 0.352 e. The van der Waals surface area contributed by atoms with Crippen molar-refractivity contribution in [2.75, 3.05) is 13.6 Å². The molecule has 2 aromatic carbocycles. The fourth-order valence-electron chi connectivity index (χ4n) is 3.73. The molecule has 0 spiro atoms. The summed E-state index contributed by atoms with van der Waals surface area (Å²) in [5.74, 6) is 0.755. The molecule has 2 atom stereocenters. The van der Waals surface area contributed by atoms with Crippen LogP contribution >= 0.6 is 0 Å². The second-order valence-electron chi connectivity index (χ2n) is 7.29. The predicted molar refractivity (Wildman–Crippen MR) is 99.8 cm³/mol. The number of hydrogen-bond donors (Lipinski definition) is 1. The van der Waals surface area contributed by atoms with Crippen LogP contribution in [0.5, 0.6) is 0 Å². The predicted octanol–water partition coefficient (Wildman–Crippen LogP) is 3.97. The van der Waals surface area contributed by atoms with Crippen LogP contribution in [-0.2, 0) is 11.3 Å². The number of amides is 1. The van der Waals surface area contributed by atoms with Gasteiger partial charge >= 0.3 is 0 Å². The molecule has 2 aromatic rings. The van der Waals surface area contributed by atoms with Crippen LogP contribution in [0.3, 0.4) is 0 Å². The van der Waals surface area contributed by atoms with Crippen LogP contribution in [0.15, 0.2) is 42.5 Å². The van der Waals surface area contributed by atoms with Gasteiger partial charge in [0.1, 0.15) is 0 Å². The molecule has 128 valence electrons. The molecule has 0 radical (unpaired) electrons. The molecule has 0 saturated heterocycles. The summed E-state index contributed by atoms with van der Waals surface area (Å²) in [6, 6.07) is 15.3. The van der Waals surface area contributed by atoms with E-state index in [-0.39, 0.29) is 5.91 Å². The molecule has 1 fully saturated rings. The van der Waals surface area contributed by atoms with Gasteiger partial charge in [-0.3, -0.25) is 9.69 Å². The van der Waals surface area contributed by atoms with Gasteiger partial charge in [0, 0.05) is 12.6 Å². The Kier molecular flexibility index (Phi) is 5.52. The summed E-state index contributed by atoms with van der Waals surface area (Å²) in [7, 11) is 2.01. The van der Waals surface area contributed by atoms with Crippen molar-refractivity contribution in [3.05, 3.63) is 48.0 Å². The second-order valence-corrected chi connectivity index (χ2v) is 7.29. The Morgan fingerprint density at radius 1 is 1.12 bits per heavy atom. The third kappa shape index (κ3) is 4.35. The number of hydrogen-bond acceptors (Lipinski definition) is 2. The van der Waals surface area contributed by atoms with Crippen LogP contribution in [0.1, 0.15) is 38.2 Å². The maximum absolute atomic E-state index is 12.3. The minimum Gasteiger partial charge on any atom is -0.352 e. The molecule has 3 heteroatoms. The fourth-order valence-corrected chi connectivity index (χ4v) is 3.73. The molecule has 1 amide bonds. The minimum absolute atomic E-state index is 0.150. The first-order valence-corrected chi connectivity index (χ1v) is 9.07. The van der Waals surface area contributed by atoms with Gasteiger partial charge in [0.2, 0.25) is 5.91 Å². The Hall–Kier alpha value is -1.87. The van der Waals surface area contributed by atoms with Gasteiger partial charge in [0.15, 0.2) is 0 Å². The first-order valence-electron chi connectivity index (χ1n) is 9.07. The monoisotopic (exact) mass is 324 g/mol. The van der Waals surface area contributed by atoms with Crippen molar-refractivity contribution in [3.8, 4) is 0 Å². The molecule has 0 unspecified atom stereocenters. The van der Waals surface area contributed by atoms with Gasteiger partial charge in [0.25, 0.3) is 0 Å². The Bertz CT molecular complexity index is 697. The van der Waals surface area contributed by atoms with Crippen LogP contribution in [0.2, 0.25) is 0 Å². The molecular weight excluding hydrogens is 296 g/mol. The number of carbonyl (C=O) groups is 1. The Morgan fingerprint density at radius 2 is 1.88 bits per heavy atom. The highest BCUT2D eigenvalue weighted by Crippen LogP contribution is 2.23. The molecule has 24 heavy (non-hydrogen) atoms. The lowest BCUT2D eigenvalue weighted by atomic mass is 9.86. The fraction of sp³-hybridized carbons (Fsp3) is 0.476. The summed E-state index contributed by atoms with van der Waals surface area (Å²) in [6.07, 6.45) is 4.90. The summed E-state index contributed by atoms with van der Waals surface area (Å²) in [5.41, 5.74) is 1.25. The Balaban J connectivity index is 1.54. The van der Waals surface area contributed by atoms with Gasteiger partial charge in [-0.1, -0.05) is 56.2 Å². The van der Waals surface area contributed by atoms with E-state index in [4.69, 9.17) is 0 Å². The van der Waals surface area contributed by atoms with E-state index in [1.54, 1.807) is 0 Å². The van der Waals surface area contributed by atoms with E-state index < -0.39 is 0 Å². The molecule has 3 rings (SSSR count). The number of carbonyl (C=O) groups excluding carboxylic acids is 1. The van der Waals surface area contributed by atoms with Crippen LogP contribution < -0.4 is 5.32 Å². The van der Waals surface area contributed by atoms with E-state index >= 15 is 0 Å². The van der Waals surface area contributed by atoms with Crippen molar-refractivity contribution in [2.45, 2.75) is 45.2 Å². The Labute approximate surface area is 145 Å². The van der Waals surface area contributed by atoms with Crippen molar-refractivity contribution in [1.29, 1.82) is 0 Å². The molecule has 1 N–H and O–H groups in total.